The van der Waals surface area contributed by atoms with Crippen molar-refractivity contribution in [3.63, 3.8) is 0 Å². The summed E-state index contributed by atoms with van der Waals surface area (Å²) in [5.41, 5.74) is 0.0271. The topological polar surface area (TPSA) is 76.0 Å². The number of ketones is 1. The lowest BCUT2D eigenvalue weighted by Crippen LogP contribution is -2.80. The van der Waals surface area contributed by atoms with Crippen LogP contribution in [0.15, 0.2) is 12.1 Å². The molecule has 7 heteroatoms. The van der Waals surface area contributed by atoms with E-state index < -0.39 is 17.1 Å². The molecule has 1 aromatic carbocycles. The maximum atomic E-state index is 12.7. The highest BCUT2D eigenvalue weighted by atomic mass is 35.5. The Kier molecular flexibility index (Phi) is 2.97. The Morgan fingerprint density at radius 1 is 1.44 bits per heavy atom. The average molecular weight is 367 g/mol. The van der Waals surface area contributed by atoms with E-state index >= 15 is 0 Å². The number of quaternary nitrogens is 1. The van der Waals surface area contributed by atoms with Crippen LogP contribution >= 0.6 is 11.9 Å². The van der Waals surface area contributed by atoms with E-state index in [1.54, 1.807) is 6.07 Å². The summed E-state index contributed by atoms with van der Waals surface area (Å²) in [6.45, 7) is 1.02. The molecule has 0 aromatic heterocycles. The zero-order valence-electron chi connectivity index (χ0n) is 14.0. The number of piperidine rings is 1. The second kappa shape index (κ2) is 4.68. The number of ether oxygens (including phenoxy) is 1. The van der Waals surface area contributed by atoms with Crippen molar-refractivity contribution in [2.45, 2.75) is 48.8 Å². The van der Waals surface area contributed by atoms with Gasteiger partial charge < -0.3 is 14.9 Å². The molecular formula is C18H21ClNO5+. The van der Waals surface area contributed by atoms with E-state index in [1.165, 1.54) is 0 Å². The van der Waals surface area contributed by atoms with Crippen LogP contribution in [-0.2, 0) is 20.9 Å². The van der Waals surface area contributed by atoms with Crippen LogP contribution in [0.2, 0.25) is 0 Å². The highest BCUT2D eigenvalue weighted by molar-refractivity contribution is 6.07. The smallest absolute Gasteiger partial charge is 0.202 e. The third-order valence-corrected chi connectivity index (χ3v) is 7.35. The summed E-state index contributed by atoms with van der Waals surface area (Å²) >= 11 is 5.59. The van der Waals surface area contributed by atoms with Crippen LogP contribution < -0.4 is 4.74 Å². The van der Waals surface area contributed by atoms with Gasteiger partial charge in [0.1, 0.15) is 11.6 Å². The molecule has 1 unspecified atom stereocenters. The first kappa shape index (κ1) is 15.9. The van der Waals surface area contributed by atoms with Gasteiger partial charge in [0.25, 0.3) is 0 Å². The van der Waals surface area contributed by atoms with Crippen LogP contribution in [0, 0.1) is 0 Å². The lowest BCUT2D eigenvalue weighted by Gasteiger charge is -2.63. The minimum Gasteiger partial charge on any atom is -0.504 e. The highest BCUT2D eigenvalue weighted by Crippen LogP contribution is 2.65. The summed E-state index contributed by atoms with van der Waals surface area (Å²) in [7, 11) is 2.05. The van der Waals surface area contributed by atoms with Gasteiger partial charge in [-0.2, -0.15) is 0 Å². The zero-order chi connectivity index (χ0) is 17.6. The van der Waals surface area contributed by atoms with Gasteiger partial charge in [0, 0.05) is 24.8 Å². The number of hydrogen-bond acceptors (Lipinski definition) is 5. The Hall–Kier alpha value is -1.34. The Balaban J connectivity index is 1.80. The lowest BCUT2D eigenvalue weighted by molar-refractivity contribution is -0.962. The monoisotopic (exact) mass is 366 g/mol. The first-order valence-corrected chi connectivity index (χ1v) is 9.03. The molecule has 1 saturated heterocycles. The summed E-state index contributed by atoms with van der Waals surface area (Å²) in [5.74, 6) is 0.443. The van der Waals surface area contributed by atoms with E-state index in [0.717, 1.165) is 17.7 Å². The van der Waals surface area contributed by atoms with E-state index in [1.807, 2.05) is 13.1 Å². The molecule has 1 spiro atoms. The number of hydrogen-bond donors (Lipinski definition) is 2. The van der Waals surface area contributed by atoms with Gasteiger partial charge in [-0.25, -0.2) is 4.29 Å². The number of benzene rings is 1. The first-order valence-electron chi connectivity index (χ1n) is 8.72. The molecule has 4 aliphatic rings. The molecule has 2 bridgehead atoms. The number of nitrogens with zero attached hydrogens (tertiary/aromatic N) is 1. The molecule has 2 aliphatic carbocycles. The molecule has 5 atom stereocenters. The third-order valence-electron chi connectivity index (χ3n) is 7.25. The van der Waals surface area contributed by atoms with Crippen molar-refractivity contribution < 1.29 is 28.5 Å². The minimum atomic E-state index is -1.08. The largest absolute Gasteiger partial charge is 0.504 e. The quantitative estimate of drug-likeness (QED) is 0.773. The zero-order valence-corrected chi connectivity index (χ0v) is 14.8. The van der Waals surface area contributed by atoms with E-state index in [0.29, 0.717) is 36.2 Å². The number of phenols is 1. The van der Waals surface area contributed by atoms with Crippen molar-refractivity contribution in [2.24, 2.45) is 0 Å². The fraction of sp³-hybridized carbons (Fsp3) is 0.611. The Morgan fingerprint density at radius 3 is 3.00 bits per heavy atom. The molecule has 2 N–H and O–H groups in total. The fourth-order valence-electron chi connectivity index (χ4n) is 6.10. The van der Waals surface area contributed by atoms with Gasteiger partial charge in [0.15, 0.2) is 23.4 Å². The van der Waals surface area contributed by atoms with Crippen molar-refractivity contribution in [1.29, 1.82) is 0 Å². The van der Waals surface area contributed by atoms with Gasteiger partial charge in [-0.05, 0) is 18.1 Å². The number of carbonyl (C=O) groups is 1. The summed E-state index contributed by atoms with van der Waals surface area (Å²) < 4.78 is 11.5. The Labute approximate surface area is 150 Å². The minimum absolute atomic E-state index is 0.0107. The molecule has 1 aromatic rings. The molecule has 1 saturated carbocycles. The van der Waals surface area contributed by atoms with Gasteiger partial charge in [-0.15, -0.1) is 0 Å². The number of likely N-dealkylation sites (tertiary alicyclic amines) is 1. The normalized spacial score (nSPS) is 43.6. The SMILES string of the molecule is C[N@@+]1(COCl)CC[C@]23c4c5ccc(O)c4O[C@H]2C(=O)CC[C@@]3(O)C1C5. The van der Waals surface area contributed by atoms with Crippen LogP contribution in [0.25, 0.3) is 0 Å². The van der Waals surface area contributed by atoms with Crippen LogP contribution in [0.3, 0.4) is 0 Å². The molecule has 134 valence electrons. The number of phenolic OH excluding ortho intramolecular Hbond substituents is 1. The number of aliphatic hydroxyl groups is 1. The summed E-state index contributed by atoms with van der Waals surface area (Å²) in [6, 6.07) is 3.38. The molecular weight excluding hydrogens is 346 g/mol. The van der Waals surface area contributed by atoms with Crippen LogP contribution in [0.4, 0.5) is 0 Å². The van der Waals surface area contributed by atoms with Crippen molar-refractivity contribution in [2.75, 3.05) is 20.3 Å². The molecule has 5 rings (SSSR count). The highest BCUT2D eigenvalue weighted by Gasteiger charge is 2.76. The second-order valence-electron chi connectivity index (χ2n) is 8.22. The molecule has 0 amide bonds. The number of carbonyl (C=O) groups excluding carboxylic acids is 1. The van der Waals surface area contributed by atoms with Crippen molar-refractivity contribution >= 4 is 17.6 Å². The van der Waals surface area contributed by atoms with Crippen LogP contribution in [0.5, 0.6) is 11.5 Å². The standard InChI is InChI=1S/C18H20ClNO5/c1-20(9-24-19)7-6-17-14-10-2-3-11(21)15(14)25-16(17)12(22)4-5-18(17,23)13(20)8-10/h2-3,13,16,23H,4-9H2,1H3/p+1/t13?,16-,17-,18+,20-/m0/s1. The van der Waals surface area contributed by atoms with Crippen LogP contribution in [0.1, 0.15) is 30.4 Å². The first-order chi connectivity index (χ1) is 11.9. The van der Waals surface area contributed by atoms with Gasteiger partial charge in [-0.3, -0.25) is 9.28 Å². The maximum absolute atomic E-state index is 12.7. The third kappa shape index (κ3) is 1.60. The number of halogens is 1. The van der Waals surface area contributed by atoms with Crippen molar-refractivity contribution in [1.82, 2.24) is 0 Å². The molecule has 2 heterocycles. The molecule has 2 fully saturated rings. The Bertz CT molecular complexity index is 800. The summed E-state index contributed by atoms with van der Waals surface area (Å²) in [5, 5.41) is 22.3. The van der Waals surface area contributed by atoms with E-state index in [9.17, 15) is 15.0 Å². The molecule has 6 nitrogen and oxygen atoms in total. The number of rotatable bonds is 2. The van der Waals surface area contributed by atoms with Crippen molar-refractivity contribution in [3.8, 4) is 11.5 Å². The maximum Gasteiger partial charge on any atom is 0.202 e. The molecule has 25 heavy (non-hydrogen) atoms. The lowest BCUT2D eigenvalue weighted by atomic mass is 9.48. The van der Waals surface area contributed by atoms with E-state index in [2.05, 4.69) is 0 Å². The number of aromatic hydroxyl groups is 1. The van der Waals surface area contributed by atoms with Gasteiger partial charge in [-0.1, -0.05) is 6.07 Å². The number of Topliss-reactive ketones (excluding diaryl/α,β-unsaturated/α-hetero) is 1. The summed E-state index contributed by atoms with van der Waals surface area (Å²) in [6.07, 6.45) is 1.20. The van der Waals surface area contributed by atoms with Gasteiger partial charge in [0.05, 0.1) is 30.9 Å². The van der Waals surface area contributed by atoms with Gasteiger partial charge >= 0.3 is 0 Å². The van der Waals surface area contributed by atoms with Crippen LogP contribution in [-0.4, -0.2) is 58.5 Å². The van der Waals surface area contributed by atoms with E-state index in [-0.39, 0.29) is 24.0 Å². The van der Waals surface area contributed by atoms with Gasteiger partial charge in [0.2, 0.25) is 6.73 Å². The van der Waals surface area contributed by atoms with E-state index in [4.69, 9.17) is 20.9 Å². The Morgan fingerprint density at radius 2 is 2.24 bits per heavy atom. The second-order valence-corrected chi connectivity index (χ2v) is 8.44. The predicted molar refractivity (Wildman–Crippen MR) is 88.4 cm³/mol. The number of likely N-dealkylation sites (N-methyl/N-ethyl adjacent to an activating group) is 1. The molecule has 0 radical (unpaired) electrons. The average Bonchev–Trinajstić information content (AvgIpc) is 2.93. The summed E-state index contributed by atoms with van der Waals surface area (Å²) in [4.78, 5) is 12.7. The predicted octanol–water partition coefficient (Wildman–Crippen LogP) is 1.39. The fourth-order valence-corrected chi connectivity index (χ4v) is 6.32. The molecule has 2 aliphatic heterocycles. The van der Waals surface area contributed by atoms with Crippen molar-refractivity contribution in [3.05, 3.63) is 23.3 Å².